The molecule has 5 nitrogen and oxygen atoms in total. The van der Waals surface area contributed by atoms with Crippen molar-refractivity contribution in [1.29, 1.82) is 0 Å². The Bertz CT molecular complexity index is 902. The van der Waals surface area contributed by atoms with Gasteiger partial charge in [-0.1, -0.05) is 0 Å². The summed E-state index contributed by atoms with van der Waals surface area (Å²) in [6.07, 6.45) is 1.54. The molecule has 0 saturated carbocycles. The Balaban J connectivity index is 1.53. The Morgan fingerprint density at radius 2 is 1.67 bits per heavy atom. The second-order valence-corrected chi connectivity index (χ2v) is 5.95. The zero-order chi connectivity index (χ0) is 19.2. The van der Waals surface area contributed by atoms with Crippen molar-refractivity contribution < 1.29 is 23.1 Å². The molecule has 3 rings (SSSR count). The van der Waals surface area contributed by atoms with E-state index in [1.54, 1.807) is 42.7 Å². The summed E-state index contributed by atoms with van der Waals surface area (Å²) < 4.78 is 23.6. The fourth-order valence-electron chi connectivity index (χ4n) is 2.51. The van der Waals surface area contributed by atoms with Crippen molar-refractivity contribution >= 4 is 11.7 Å². The van der Waals surface area contributed by atoms with E-state index in [4.69, 9.17) is 9.15 Å². The summed E-state index contributed by atoms with van der Waals surface area (Å²) in [5.41, 5.74) is 0.848. The van der Waals surface area contributed by atoms with Crippen molar-refractivity contribution in [2.24, 2.45) is 0 Å². The number of hydrogen-bond donors (Lipinski definition) is 1. The van der Waals surface area contributed by atoms with Gasteiger partial charge < -0.3 is 14.5 Å². The van der Waals surface area contributed by atoms with Crippen molar-refractivity contribution in [3.05, 3.63) is 89.6 Å². The van der Waals surface area contributed by atoms with E-state index in [-0.39, 0.29) is 24.3 Å². The van der Waals surface area contributed by atoms with Crippen LogP contribution in [0.5, 0.6) is 5.75 Å². The molecule has 0 saturated heterocycles. The van der Waals surface area contributed by atoms with Crippen molar-refractivity contribution in [2.75, 3.05) is 6.61 Å². The molecule has 0 aliphatic heterocycles. The Labute approximate surface area is 155 Å². The number of amides is 1. The molecule has 1 amide bonds. The number of ether oxygens (including phenoxy) is 1. The van der Waals surface area contributed by atoms with Gasteiger partial charge in [0.15, 0.2) is 12.4 Å². The molecule has 0 spiro atoms. The average Bonchev–Trinajstić information content (AvgIpc) is 3.22. The zero-order valence-corrected chi connectivity index (χ0v) is 14.6. The van der Waals surface area contributed by atoms with Gasteiger partial charge in [0, 0.05) is 11.1 Å². The second-order valence-electron chi connectivity index (χ2n) is 5.95. The van der Waals surface area contributed by atoms with Crippen LogP contribution in [-0.2, 0) is 4.79 Å². The summed E-state index contributed by atoms with van der Waals surface area (Å²) in [4.78, 5) is 24.3. The molecule has 6 heteroatoms. The summed E-state index contributed by atoms with van der Waals surface area (Å²) in [5.74, 6) is 0.227. The number of rotatable bonds is 7. The van der Waals surface area contributed by atoms with Gasteiger partial charge in [-0.15, -0.1) is 0 Å². The number of furan rings is 1. The lowest BCUT2D eigenvalue weighted by atomic mass is 10.0. The summed E-state index contributed by atoms with van der Waals surface area (Å²) in [7, 11) is 0. The monoisotopic (exact) mass is 367 g/mol. The Kier molecular flexibility index (Phi) is 5.66. The molecule has 1 aromatic heterocycles. The first-order valence-corrected chi connectivity index (χ1v) is 8.39. The molecule has 0 fully saturated rings. The van der Waals surface area contributed by atoms with Crippen LogP contribution in [0, 0.1) is 5.82 Å². The van der Waals surface area contributed by atoms with Crippen molar-refractivity contribution in [1.82, 2.24) is 5.32 Å². The predicted molar refractivity (Wildman–Crippen MR) is 97.0 cm³/mol. The normalized spacial score (nSPS) is 11.6. The lowest BCUT2D eigenvalue weighted by Gasteiger charge is -2.12. The third-order valence-electron chi connectivity index (χ3n) is 3.94. The largest absolute Gasteiger partial charge is 0.484 e. The standard InChI is InChI=1S/C21H18FNO4/c1-14(19-3-2-12-26-19)23-20(24)13-27-18-10-6-16(7-11-18)21(25)15-4-8-17(22)9-5-15/h2-12,14H,13H2,1H3,(H,23,24)/t14-/m0/s1. The van der Waals surface area contributed by atoms with Crippen LogP contribution in [0.2, 0.25) is 0 Å². The maximum Gasteiger partial charge on any atom is 0.258 e. The Hall–Kier alpha value is -3.41. The molecule has 0 unspecified atom stereocenters. The van der Waals surface area contributed by atoms with Crippen LogP contribution in [0.4, 0.5) is 4.39 Å². The van der Waals surface area contributed by atoms with Gasteiger partial charge in [-0.2, -0.15) is 0 Å². The van der Waals surface area contributed by atoms with E-state index in [1.807, 2.05) is 6.92 Å². The fraction of sp³-hybridized carbons (Fsp3) is 0.143. The van der Waals surface area contributed by atoms with E-state index < -0.39 is 5.82 Å². The third kappa shape index (κ3) is 4.82. The maximum absolute atomic E-state index is 12.9. The number of ketones is 1. The maximum atomic E-state index is 12.9. The third-order valence-corrected chi connectivity index (χ3v) is 3.94. The summed E-state index contributed by atoms with van der Waals surface area (Å²) in [6.45, 7) is 1.66. The Morgan fingerprint density at radius 1 is 1.04 bits per heavy atom. The molecule has 0 radical (unpaired) electrons. The van der Waals surface area contributed by atoms with Gasteiger partial charge in [0.2, 0.25) is 0 Å². The van der Waals surface area contributed by atoms with Crippen LogP contribution >= 0.6 is 0 Å². The summed E-state index contributed by atoms with van der Waals surface area (Å²) in [5, 5.41) is 2.77. The van der Waals surface area contributed by atoms with Crippen molar-refractivity contribution in [3.63, 3.8) is 0 Å². The van der Waals surface area contributed by atoms with Crippen molar-refractivity contribution in [2.45, 2.75) is 13.0 Å². The molecule has 1 heterocycles. The van der Waals surface area contributed by atoms with Crippen LogP contribution in [0.15, 0.2) is 71.3 Å². The number of carbonyl (C=O) groups is 2. The quantitative estimate of drug-likeness (QED) is 0.643. The minimum absolute atomic E-state index is 0.156. The summed E-state index contributed by atoms with van der Waals surface area (Å²) >= 11 is 0. The first kappa shape index (κ1) is 18.4. The highest BCUT2D eigenvalue weighted by Gasteiger charge is 2.13. The first-order valence-electron chi connectivity index (χ1n) is 8.39. The average molecular weight is 367 g/mol. The molecule has 3 aromatic rings. The van der Waals surface area contributed by atoms with Crippen molar-refractivity contribution in [3.8, 4) is 5.75 Å². The SMILES string of the molecule is C[C@H](NC(=O)COc1ccc(C(=O)c2ccc(F)cc2)cc1)c1ccco1. The minimum atomic E-state index is -0.394. The zero-order valence-electron chi connectivity index (χ0n) is 14.6. The van der Waals surface area contributed by atoms with Crippen LogP contribution in [0.25, 0.3) is 0 Å². The van der Waals surface area contributed by atoms with Crippen LogP contribution in [0.3, 0.4) is 0 Å². The molecule has 1 N–H and O–H groups in total. The topological polar surface area (TPSA) is 68.5 Å². The van der Waals surface area contributed by atoms with Gasteiger partial charge in [0.1, 0.15) is 17.3 Å². The number of nitrogens with one attached hydrogen (secondary N) is 1. The highest BCUT2D eigenvalue weighted by Crippen LogP contribution is 2.16. The Morgan fingerprint density at radius 3 is 2.26 bits per heavy atom. The van der Waals surface area contributed by atoms with E-state index in [9.17, 15) is 14.0 Å². The van der Waals surface area contributed by atoms with E-state index in [1.165, 1.54) is 24.3 Å². The van der Waals surface area contributed by atoms with Crippen LogP contribution in [0.1, 0.15) is 34.6 Å². The predicted octanol–water partition coefficient (Wildman–Crippen LogP) is 3.91. The molecule has 2 aromatic carbocycles. The molecule has 1 atom stereocenters. The van der Waals surface area contributed by atoms with E-state index in [0.717, 1.165) is 0 Å². The molecule has 0 bridgehead atoms. The van der Waals surface area contributed by atoms with Gasteiger partial charge in [-0.25, -0.2) is 4.39 Å². The van der Waals surface area contributed by atoms with Gasteiger partial charge in [-0.05, 0) is 67.6 Å². The minimum Gasteiger partial charge on any atom is -0.484 e. The van der Waals surface area contributed by atoms with Crippen LogP contribution in [-0.4, -0.2) is 18.3 Å². The lowest BCUT2D eigenvalue weighted by molar-refractivity contribution is -0.123. The smallest absolute Gasteiger partial charge is 0.258 e. The molecule has 138 valence electrons. The highest BCUT2D eigenvalue weighted by molar-refractivity contribution is 6.09. The molecular weight excluding hydrogens is 349 g/mol. The van der Waals surface area contributed by atoms with E-state index >= 15 is 0 Å². The highest BCUT2D eigenvalue weighted by atomic mass is 19.1. The second kappa shape index (κ2) is 8.31. The van der Waals surface area contributed by atoms with E-state index in [2.05, 4.69) is 5.32 Å². The number of halogens is 1. The van der Waals surface area contributed by atoms with Crippen LogP contribution < -0.4 is 10.1 Å². The number of hydrogen-bond acceptors (Lipinski definition) is 4. The fourth-order valence-corrected chi connectivity index (χ4v) is 2.51. The molecule has 27 heavy (non-hydrogen) atoms. The summed E-state index contributed by atoms with van der Waals surface area (Å²) in [6, 6.07) is 15.1. The molecule has 0 aliphatic rings. The van der Waals surface area contributed by atoms with Gasteiger partial charge in [0.25, 0.3) is 5.91 Å². The molecular formula is C21H18FNO4. The van der Waals surface area contributed by atoms with Gasteiger partial charge in [0.05, 0.1) is 12.3 Å². The number of benzene rings is 2. The van der Waals surface area contributed by atoms with Gasteiger partial charge in [-0.3, -0.25) is 9.59 Å². The van der Waals surface area contributed by atoms with E-state index in [0.29, 0.717) is 22.6 Å². The number of carbonyl (C=O) groups excluding carboxylic acids is 2. The molecule has 0 aliphatic carbocycles. The lowest BCUT2D eigenvalue weighted by Crippen LogP contribution is -2.31. The van der Waals surface area contributed by atoms with Gasteiger partial charge >= 0.3 is 0 Å². The first-order chi connectivity index (χ1) is 13.0.